The minimum atomic E-state index is -2.06. The van der Waals surface area contributed by atoms with E-state index >= 15 is 0 Å². The predicted octanol–water partition coefficient (Wildman–Crippen LogP) is 2.50. The molecule has 86 valence electrons. The van der Waals surface area contributed by atoms with Gasteiger partial charge >= 0.3 is 0 Å². The molecule has 3 nitrogen and oxygen atoms in total. The van der Waals surface area contributed by atoms with Crippen LogP contribution in [0.15, 0.2) is 59.5 Å². The van der Waals surface area contributed by atoms with Gasteiger partial charge in [-0.05, 0) is 12.1 Å². The molecule has 0 saturated carbocycles. The van der Waals surface area contributed by atoms with Crippen molar-refractivity contribution >= 4 is 16.9 Å². The van der Waals surface area contributed by atoms with Gasteiger partial charge in [0.15, 0.2) is 16.9 Å². The third-order valence-corrected chi connectivity index (χ3v) is 2.99. The monoisotopic (exact) mass is 246 g/mol. The fourth-order valence-corrected chi connectivity index (χ4v) is 1.92. The Balaban J connectivity index is 2.38. The lowest BCUT2D eigenvalue weighted by Gasteiger charge is -2.02. The largest absolute Gasteiger partial charge is 0.302 e. The maximum Gasteiger partial charge on any atom is 0.193 e. The van der Waals surface area contributed by atoms with Gasteiger partial charge in [0.05, 0.1) is 4.90 Å². The highest BCUT2D eigenvalue weighted by atomic mass is 32.2. The molecule has 0 fully saturated rings. The Morgan fingerprint density at radius 1 is 0.941 bits per heavy atom. The quantitative estimate of drug-likeness (QED) is 0.668. The summed E-state index contributed by atoms with van der Waals surface area (Å²) in [6.07, 6.45) is 0. The summed E-state index contributed by atoms with van der Waals surface area (Å²) in [4.78, 5) is 12.3. The van der Waals surface area contributed by atoms with Crippen molar-refractivity contribution < 1.29 is 13.6 Å². The van der Waals surface area contributed by atoms with Gasteiger partial charge in [0, 0.05) is 11.1 Å². The lowest BCUT2D eigenvalue weighted by Crippen LogP contribution is -2.02. The van der Waals surface area contributed by atoms with Crippen LogP contribution in [0.4, 0.5) is 0 Å². The molecule has 1 unspecified atom stereocenters. The van der Waals surface area contributed by atoms with E-state index in [4.69, 9.17) is 4.55 Å². The average Bonchev–Trinajstić information content (AvgIpc) is 2.39. The van der Waals surface area contributed by atoms with E-state index in [2.05, 4.69) is 0 Å². The van der Waals surface area contributed by atoms with Gasteiger partial charge in [-0.1, -0.05) is 42.5 Å². The number of benzene rings is 2. The van der Waals surface area contributed by atoms with Crippen LogP contribution in [0.1, 0.15) is 15.9 Å². The lowest BCUT2D eigenvalue weighted by molar-refractivity contribution is 0.103. The highest BCUT2D eigenvalue weighted by Gasteiger charge is 2.10. The Bertz CT molecular complexity index is 564. The van der Waals surface area contributed by atoms with Gasteiger partial charge < -0.3 is 4.55 Å². The first kappa shape index (κ1) is 11.7. The van der Waals surface area contributed by atoms with E-state index in [-0.39, 0.29) is 10.7 Å². The summed E-state index contributed by atoms with van der Waals surface area (Å²) in [5.74, 6) is -0.155. The summed E-state index contributed by atoms with van der Waals surface area (Å²) in [5, 5.41) is 0. The number of hydrogen-bond acceptors (Lipinski definition) is 2. The molecule has 1 N–H and O–H groups in total. The highest BCUT2D eigenvalue weighted by molar-refractivity contribution is 7.79. The number of carbonyl (C=O) groups excluding carboxylic acids is 1. The van der Waals surface area contributed by atoms with Gasteiger partial charge in [-0.15, -0.1) is 0 Å². The molecule has 0 saturated heterocycles. The van der Waals surface area contributed by atoms with Crippen LogP contribution < -0.4 is 0 Å². The molecule has 0 aliphatic heterocycles. The van der Waals surface area contributed by atoms with Gasteiger partial charge in [0.25, 0.3) is 0 Å². The minimum absolute atomic E-state index is 0.155. The Labute approximate surface area is 101 Å². The Hall–Kier alpha value is -1.78. The molecule has 0 heterocycles. The van der Waals surface area contributed by atoms with Gasteiger partial charge in [0.2, 0.25) is 0 Å². The molecule has 2 aromatic rings. The van der Waals surface area contributed by atoms with Gasteiger partial charge in [-0.2, -0.15) is 0 Å². The Morgan fingerprint density at radius 3 is 2.24 bits per heavy atom. The van der Waals surface area contributed by atoms with E-state index in [9.17, 15) is 9.00 Å². The third-order valence-electron chi connectivity index (χ3n) is 2.33. The van der Waals surface area contributed by atoms with Crippen molar-refractivity contribution in [1.29, 1.82) is 0 Å². The number of rotatable bonds is 3. The van der Waals surface area contributed by atoms with Crippen LogP contribution in [-0.2, 0) is 11.1 Å². The highest BCUT2D eigenvalue weighted by Crippen LogP contribution is 2.13. The fraction of sp³-hybridized carbons (Fsp3) is 0. The van der Waals surface area contributed by atoms with Gasteiger partial charge in [-0.3, -0.25) is 4.79 Å². The Kier molecular flexibility index (Phi) is 3.46. The molecular weight excluding hydrogens is 236 g/mol. The number of hydrogen-bond donors (Lipinski definition) is 1. The molecule has 17 heavy (non-hydrogen) atoms. The van der Waals surface area contributed by atoms with E-state index < -0.39 is 11.1 Å². The van der Waals surface area contributed by atoms with E-state index in [0.29, 0.717) is 11.1 Å². The molecule has 0 radical (unpaired) electrons. The maximum atomic E-state index is 12.0. The molecule has 0 bridgehead atoms. The van der Waals surface area contributed by atoms with Crippen molar-refractivity contribution in [2.24, 2.45) is 0 Å². The molecule has 1 atom stereocenters. The molecule has 2 aromatic carbocycles. The average molecular weight is 246 g/mol. The SMILES string of the molecule is O=C(c1ccccc1)c1cccc(S(=O)O)c1. The maximum absolute atomic E-state index is 12.0. The van der Waals surface area contributed by atoms with E-state index in [1.165, 1.54) is 12.1 Å². The summed E-state index contributed by atoms with van der Waals surface area (Å²) in [7, 11) is 0. The van der Waals surface area contributed by atoms with Crippen molar-refractivity contribution in [1.82, 2.24) is 0 Å². The fourth-order valence-electron chi connectivity index (χ4n) is 1.50. The standard InChI is InChI=1S/C13H10O3S/c14-13(10-5-2-1-3-6-10)11-7-4-8-12(9-11)17(15)16/h1-9H,(H,15,16). The summed E-state index contributed by atoms with van der Waals surface area (Å²) in [6, 6.07) is 15.0. The van der Waals surface area contributed by atoms with Crippen LogP contribution in [0.2, 0.25) is 0 Å². The number of carbonyl (C=O) groups is 1. The van der Waals surface area contributed by atoms with E-state index in [0.717, 1.165) is 0 Å². The topological polar surface area (TPSA) is 54.4 Å². The van der Waals surface area contributed by atoms with Crippen molar-refractivity contribution in [3.05, 3.63) is 65.7 Å². The van der Waals surface area contributed by atoms with Crippen molar-refractivity contribution in [2.45, 2.75) is 4.90 Å². The molecule has 0 amide bonds. The molecule has 0 aromatic heterocycles. The predicted molar refractivity (Wildman–Crippen MR) is 65.4 cm³/mol. The van der Waals surface area contributed by atoms with Crippen LogP contribution in [0, 0.1) is 0 Å². The molecule has 4 heteroatoms. The van der Waals surface area contributed by atoms with Gasteiger partial charge in [-0.25, -0.2) is 4.21 Å². The van der Waals surface area contributed by atoms with Crippen LogP contribution >= 0.6 is 0 Å². The second-order valence-corrected chi connectivity index (χ2v) is 4.44. The Morgan fingerprint density at radius 2 is 1.59 bits per heavy atom. The third kappa shape index (κ3) is 2.67. The molecule has 0 spiro atoms. The van der Waals surface area contributed by atoms with E-state index in [1.54, 1.807) is 36.4 Å². The first-order valence-corrected chi connectivity index (χ1v) is 6.10. The zero-order valence-electron chi connectivity index (χ0n) is 8.87. The van der Waals surface area contributed by atoms with Crippen molar-refractivity contribution in [2.75, 3.05) is 0 Å². The van der Waals surface area contributed by atoms with Crippen molar-refractivity contribution in [3.63, 3.8) is 0 Å². The summed E-state index contributed by atoms with van der Waals surface area (Å²) in [5.41, 5.74) is 0.976. The zero-order valence-corrected chi connectivity index (χ0v) is 9.68. The van der Waals surface area contributed by atoms with Crippen LogP contribution in [0.3, 0.4) is 0 Å². The van der Waals surface area contributed by atoms with Crippen LogP contribution in [0.5, 0.6) is 0 Å². The second-order valence-electron chi connectivity index (χ2n) is 3.47. The summed E-state index contributed by atoms with van der Waals surface area (Å²) < 4.78 is 19.9. The molecule has 0 aliphatic rings. The number of ketones is 1. The van der Waals surface area contributed by atoms with Gasteiger partial charge in [0.1, 0.15) is 0 Å². The zero-order chi connectivity index (χ0) is 12.3. The van der Waals surface area contributed by atoms with E-state index in [1.807, 2.05) is 6.07 Å². The summed E-state index contributed by atoms with van der Waals surface area (Å²) in [6.45, 7) is 0. The smallest absolute Gasteiger partial charge is 0.193 e. The first-order valence-electron chi connectivity index (χ1n) is 4.99. The van der Waals surface area contributed by atoms with Crippen LogP contribution in [0.25, 0.3) is 0 Å². The lowest BCUT2D eigenvalue weighted by atomic mass is 10.0. The normalized spacial score (nSPS) is 12.1. The van der Waals surface area contributed by atoms with Crippen molar-refractivity contribution in [3.8, 4) is 0 Å². The van der Waals surface area contributed by atoms with Crippen LogP contribution in [-0.4, -0.2) is 14.5 Å². The molecular formula is C13H10O3S. The summed E-state index contributed by atoms with van der Waals surface area (Å²) >= 11 is -2.06. The molecule has 2 rings (SSSR count). The minimum Gasteiger partial charge on any atom is -0.302 e. The molecule has 0 aliphatic carbocycles. The second kappa shape index (κ2) is 5.03. The first-order chi connectivity index (χ1) is 8.18.